The molecule has 0 aliphatic carbocycles. The van der Waals surface area contributed by atoms with Gasteiger partial charge in [0.2, 0.25) is 0 Å². The van der Waals surface area contributed by atoms with Crippen molar-refractivity contribution >= 4 is 44.8 Å². The van der Waals surface area contributed by atoms with Gasteiger partial charge in [0.1, 0.15) is 5.75 Å². The van der Waals surface area contributed by atoms with E-state index in [-0.39, 0.29) is 17.4 Å². The first kappa shape index (κ1) is 27.4. The van der Waals surface area contributed by atoms with Gasteiger partial charge in [0.05, 0.1) is 10.6 Å². The number of amides is 2. The number of nitrogens with zero attached hydrogens (tertiary/aromatic N) is 2. The van der Waals surface area contributed by atoms with Gasteiger partial charge in [-0.2, -0.15) is 0 Å². The molecular weight excluding hydrogens is 528 g/mol. The lowest BCUT2D eigenvalue weighted by atomic mass is 10.1. The highest BCUT2D eigenvalue weighted by atomic mass is 35.5. The van der Waals surface area contributed by atoms with Crippen LogP contribution in [0, 0.1) is 6.92 Å². The standard InChI is InChI=1S/C27H29ClN4O5S/c1-19-3-6-22(17-25(19)28)30-38(35,36)24-11-9-23(10-12-24)37-18-26(33)29-21-7-4-20(5-8-21)27(34)32-15-13-31(2)14-16-32/h3-12,17,30H,13-16,18H2,1-2H3,(H,29,33). The molecule has 1 fully saturated rings. The van der Waals surface area contributed by atoms with Crippen LogP contribution in [-0.4, -0.2) is 69.9 Å². The maximum Gasteiger partial charge on any atom is 0.262 e. The molecule has 1 saturated heterocycles. The first-order valence-electron chi connectivity index (χ1n) is 12.0. The van der Waals surface area contributed by atoms with Crippen LogP contribution >= 0.6 is 11.6 Å². The first-order valence-corrected chi connectivity index (χ1v) is 13.9. The maximum atomic E-state index is 12.7. The van der Waals surface area contributed by atoms with Gasteiger partial charge in [-0.3, -0.25) is 14.3 Å². The number of benzene rings is 3. The van der Waals surface area contributed by atoms with Crippen molar-refractivity contribution < 1.29 is 22.7 Å². The third kappa shape index (κ3) is 7.03. The fourth-order valence-electron chi connectivity index (χ4n) is 3.82. The normalized spacial score (nSPS) is 14.1. The monoisotopic (exact) mass is 556 g/mol. The summed E-state index contributed by atoms with van der Waals surface area (Å²) in [4.78, 5) is 29.0. The quantitative estimate of drug-likeness (QED) is 0.436. The molecule has 0 aromatic heterocycles. The minimum Gasteiger partial charge on any atom is -0.484 e. The number of anilines is 2. The van der Waals surface area contributed by atoms with Gasteiger partial charge in [-0.15, -0.1) is 0 Å². The number of carbonyl (C=O) groups is 2. The van der Waals surface area contributed by atoms with Gasteiger partial charge >= 0.3 is 0 Å². The van der Waals surface area contributed by atoms with E-state index in [4.69, 9.17) is 16.3 Å². The molecule has 2 N–H and O–H groups in total. The molecule has 3 aromatic carbocycles. The van der Waals surface area contributed by atoms with E-state index < -0.39 is 15.9 Å². The van der Waals surface area contributed by atoms with E-state index in [1.807, 2.05) is 18.9 Å². The highest BCUT2D eigenvalue weighted by molar-refractivity contribution is 7.92. The van der Waals surface area contributed by atoms with Gasteiger partial charge < -0.3 is 19.9 Å². The third-order valence-corrected chi connectivity index (χ3v) is 7.94. The fraction of sp³-hybridized carbons (Fsp3) is 0.259. The summed E-state index contributed by atoms with van der Waals surface area (Å²) in [6.07, 6.45) is 0. The van der Waals surface area contributed by atoms with Gasteiger partial charge in [-0.1, -0.05) is 17.7 Å². The molecule has 0 atom stereocenters. The molecule has 3 aromatic rings. The second-order valence-electron chi connectivity index (χ2n) is 9.05. The molecule has 1 heterocycles. The lowest BCUT2D eigenvalue weighted by molar-refractivity contribution is -0.118. The van der Waals surface area contributed by atoms with E-state index in [2.05, 4.69) is 14.9 Å². The zero-order valence-corrected chi connectivity index (χ0v) is 22.7. The third-order valence-electron chi connectivity index (χ3n) is 6.13. The second kappa shape index (κ2) is 11.8. The molecule has 2 amide bonds. The van der Waals surface area contributed by atoms with Crippen LogP contribution in [0.4, 0.5) is 11.4 Å². The predicted octanol–water partition coefficient (Wildman–Crippen LogP) is 3.85. The Morgan fingerprint density at radius 2 is 1.55 bits per heavy atom. The van der Waals surface area contributed by atoms with E-state index in [0.717, 1.165) is 18.7 Å². The number of halogens is 1. The molecule has 0 saturated carbocycles. The number of carbonyl (C=O) groups excluding carboxylic acids is 2. The molecular formula is C27H29ClN4O5S. The van der Waals surface area contributed by atoms with Crippen LogP contribution in [0.25, 0.3) is 0 Å². The van der Waals surface area contributed by atoms with Crippen molar-refractivity contribution in [3.05, 3.63) is 82.9 Å². The van der Waals surface area contributed by atoms with E-state index in [0.29, 0.717) is 40.8 Å². The van der Waals surface area contributed by atoms with E-state index in [1.165, 1.54) is 24.3 Å². The summed E-state index contributed by atoms with van der Waals surface area (Å²) in [5.74, 6) is -0.0778. The molecule has 200 valence electrons. The van der Waals surface area contributed by atoms with Crippen LogP contribution in [-0.2, 0) is 14.8 Å². The largest absolute Gasteiger partial charge is 0.484 e. The highest BCUT2D eigenvalue weighted by Gasteiger charge is 2.20. The van der Waals surface area contributed by atoms with Gasteiger partial charge in [0, 0.05) is 42.5 Å². The van der Waals surface area contributed by atoms with E-state index >= 15 is 0 Å². The lowest BCUT2D eigenvalue weighted by Gasteiger charge is -2.32. The number of hydrogen-bond acceptors (Lipinski definition) is 6. The van der Waals surface area contributed by atoms with Gasteiger partial charge in [-0.05, 0) is 80.2 Å². The number of sulfonamides is 1. The number of nitrogens with one attached hydrogen (secondary N) is 2. The number of hydrogen-bond donors (Lipinski definition) is 2. The SMILES string of the molecule is Cc1ccc(NS(=O)(=O)c2ccc(OCC(=O)Nc3ccc(C(=O)N4CCN(C)CC4)cc3)cc2)cc1Cl. The van der Waals surface area contributed by atoms with Crippen molar-refractivity contribution in [2.75, 3.05) is 49.9 Å². The molecule has 1 aliphatic rings. The Kier molecular flexibility index (Phi) is 8.55. The summed E-state index contributed by atoms with van der Waals surface area (Å²) < 4.78 is 33.3. The predicted molar refractivity (Wildman–Crippen MR) is 147 cm³/mol. The first-order chi connectivity index (χ1) is 18.1. The van der Waals surface area contributed by atoms with Gasteiger partial charge in [0.25, 0.3) is 21.8 Å². The van der Waals surface area contributed by atoms with Gasteiger partial charge in [0.15, 0.2) is 6.61 Å². The summed E-state index contributed by atoms with van der Waals surface area (Å²) in [5, 5.41) is 3.18. The van der Waals surface area contributed by atoms with Crippen LogP contribution in [0.1, 0.15) is 15.9 Å². The Morgan fingerprint density at radius 3 is 2.18 bits per heavy atom. The second-order valence-corrected chi connectivity index (χ2v) is 11.1. The minimum atomic E-state index is -3.82. The van der Waals surface area contributed by atoms with Crippen molar-refractivity contribution in [2.45, 2.75) is 11.8 Å². The van der Waals surface area contributed by atoms with Crippen LogP contribution in [0.3, 0.4) is 0 Å². The van der Waals surface area contributed by atoms with Crippen molar-refractivity contribution in [1.29, 1.82) is 0 Å². The molecule has 0 radical (unpaired) electrons. The summed E-state index contributed by atoms with van der Waals surface area (Å²) in [6, 6.07) is 17.4. The average Bonchev–Trinajstić information content (AvgIpc) is 2.90. The van der Waals surface area contributed by atoms with Crippen molar-refractivity contribution in [1.82, 2.24) is 9.80 Å². The molecule has 0 spiro atoms. The minimum absolute atomic E-state index is 0.0253. The molecule has 38 heavy (non-hydrogen) atoms. The number of aryl methyl sites for hydroxylation is 1. The Balaban J connectivity index is 1.27. The summed E-state index contributed by atoms with van der Waals surface area (Å²) in [6.45, 7) is 4.63. The van der Waals surface area contributed by atoms with Crippen LogP contribution in [0.2, 0.25) is 5.02 Å². The Labute approximate surface area is 227 Å². The zero-order valence-electron chi connectivity index (χ0n) is 21.1. The van der Waals surface area contributed by atoms with Crippen LogP contribution in [0.5, 0.6) is 5.75 Å². The van der Waals surface area contributed by atoms with Crippen LogP contribution in [0.15, 0.2) is 71.6 Å². The molecule has 1 aliphatic heterocycles. The highest BCUT2D eigenvalue weighted by Crippen LogP contribution is 2.23. The van der Waals surface area contributed by atoms with Gasteiger partial charge in [-0.25, -0.2) is 8.42 Å². The lowest BCUT2D eigenvalue weighted by Crippen LogP contribution is -2.47. The number of rotatable bonds is 8. The van der Waals surface area contributed by atoms with Crippen LogP contribution < -0.4 is 14.8 Å². The Hall–Kier alpha value is -3.60. The Morgan fingerprint density at radius 1 is 0.921 bits per heavy atom. The summed E-state index contributed by atoms with van der Waals surface area (Å²) in [5.41, 5.74) is 2.30. The zero-order chi connectivity index (χ0) is 27.3. The Bertz CT molecular complexity index is 1400. The van der Waals surface area contributed by atoms with E-state index in [9.17, 15) is 18.0 Å². The van der Waals surface area contributed by atoms with Crippen molar-refractivity contribution in [3.8, 4) is 5.75 Å². The maximum absolute atomic E-state index is 12.7. The average molecular weight is 557 g/mol. The molecule has 0 bridgehead atoms. The molecule has 9 nitrogen and oxygen atoms in total. The molecule has 11 heteroatoms. The topological polar surface area (TPSA) is 108 Å². The van der Waals surface area contributed by atoms with Crippen molar-refractivity contribution in [2.24, 2.45) is 0 Å². The fourth-order valence-corrected chi connectivity index (χ4v) is 5.05. The van der Waals surface area contributed by atoms with E-state index in [1.54, 1.807) is 42.5 Å². The molecule has 0 unspecified atom stereocenters. The molecule has 4 rings (SSSR count). The number of likely N-dealkylation sites (N-methyl/N-ethyl adjacent to an activating group) is 1. The summed E-state index contributed by atoms with van der Waals surface area (Å²) in [7, 11) is -1.79. The number of ether oxygens (including phenoxy) is 1. The smallest absolute Gasteiger partial charge is 0.262 e. The van der Waals surface area contributed by atoms with Crippen molar-refractivity contribution in [3.63, 3.8) is 0 Å². The summed E-state index contributed by atoms with van der Waals surface area (Å²) >= 11 is 6.07. The number of piperazine rings is 1.